The zero-order valence-electron chi connectivity index (χ0n) is 9.56. The molecule has 1 fully saturated rings. The molecule has 0 bridgehead atoms. The van der Waals surface area contributed by atoms with Crippen LogP contribution >= 0.6 is 15.9 Å². The molecule has 2 aromatic rings. The highest BCUT2D eigenvalue weighted by Crippen LogP contribution is 2.27. The van der Waals surface area contributed by atoms with E-state index in [0.717, 1.165) is 18.6 Å². The maximum absolute atomic E-state index is 12.1. The number of hydrogen-bond acceptors (Lipinski definition) is 3. The van der Waals surface area contributed by atoms with Crippen molar-refractivity contribution in [3.8, 4) is 5.75 Å². The third kappa shape index (κ3) is 2.48. The van der Waals surface area contributed by atoms with E-state index < -0.39 is 0 Å². The fourth-order valence-corrected chi connectivity index (χ4v) is 1.97. The first-order valence-corrected chi connectivity index (χ1v) is 6.58. The van der Waals surface area contributed by atoms with Crippen LogP contribution in [0.1, 0.15) is 29.0 Å². The third-order valence-corrected chi connectivity index (χ3v) is 3.15. The Balaban J connectivity index is 1.84. The Hall–Kier alpha value is -1.55. The van der Waals surface area contributed by atoms with Gasteiger partial charge in [0.1, 0.15) is 5.75 Å². The summed E-state index contributed by atoms with van der Waals surface area (Å²) >= 11 is 3.18. The number of halogens is 1. The Morgan fingerprint density at radius 3 is 2.78 bits per heavy atom. The molecule has 0 N–H and O–H groups in total. The number of benzene rings is 1. The van der Waals surface area contributed by atoms with Gasteiger partial charge in [0.25, 0.3) is 0 Å². The molecule has 1 aliphatic rings. The van der Waals surface area contributed by atoms with Gasteiger partial charge in [0.15, 0.2) is 10.4 Å². The minimum atomic E-state index is -0.137. The van der Waals surface area contributed by atoms with Gasteiger partial charge in [-0.1, -0.05) is 12.1 Å². The molecule has 1 saturated carbocycles. The van der Waals surface area contributed by atoms with Crippen molar-refractivity contribution < 1.29 is 13.9 Å². The molecule has 3 nitrogen and oxygen atoms in total. The topological polar surface area (TPSA) is 39.4 Å². The van der Waals surface area contributed by atoms with E-state index in [1.54, 1.807) is 24.3 Å². The average molecular weight is 307 g/mol. The fourth-order valence-electron chi connectivity index (χ4n) is 1.67. The number of rotatable bonds is 4. The minimum Gasteiger partial charge on any atom is -0.490 e. The van der Waals surface area contributed by atoms with Crippen molar-refractivity contribution in [2.45, 2.75) is 18.9 Å². The van der Waals surface area contributed by atoms with Gasteiger partial charge in [-0.05, 0) is 53.0 Å². The van der Waals surface area contributed by atoms with E-state index in [1.165, 1.54) is 0 Å². The first-order chi connectivity index (χ1) is 8.72. The predicted octanol–water partition coefficient (Wildman–Crippen LogP) is 3.81. The van der Waals surface area contributed by atoms with Crippen LogP contribution in [-0.4, -0.2) is 11.9 Å². The molecular weight excluding hydrogens is 296 g/mol. The summed E-state index contributed by atoms with van der Waals surface area (Å²) < 4.78 is 11.5. The van der Waals surface area contributed by atoms with E-state index >= 15 is 0 Å². The van der Waals surface area contributed by atoms with Crippen LogP contribution in [0.5, 0.6) is 5.75 Å². The van der Waals surface area contributed by atoms with E-state index in [9.17, 15) is 4.79 Å². The van der Waals surface area contributed by atoms with Gasteiger partial charge >= 0.3 is 0 Å². The summed E-state index contributed by atoms with van der Waals surface area (Å²) in [5, 5.41) is 0. The van der Waals surface area contributed by atoms with Crippen molar-refractivity contribution in [3.63, 3.8) is 0 Å². The van der Waals surface area contributed by atoms with Gasteiger partial charge in [-0.3, -0.25) is 4.79 Å². The highest BCUT2D eigenvalue weighted by molar-refractivity contribution is 9.10. The smallest absolute Gasteiger partial charge is 0.228 e. The maximum atomic E-state index is 12.1. The normalized spacial score (nSPS) is 14.5. The zero-order valence-corrected chi connectivity index (χ0v) is 11.1. The lowest BCUT2D eigenvalue weighted by atomic mass is 10.1. The van der Waals surface area contributed by atoms with Crippen LogP contribution < -0.4 is 4.74 Å². The Morgan fingerprint density at radius 2 is 2.11 bits per heavy atom. The Kier molecular flexibility index (Phi) is 2.96. The molecule has 0 amide bonds. The molecule has 0 aliphatic heterocycles. The predicted molar refractivity (Wildman–Crippen MR) is 69.9 cm³/mol. The Morgan fingerprint density at radius 1 is 1.28 bits per heavy atom. The summed E-state index contributed by atoms with van der Waals surface area (Å²) in [6.45, 7) is 0. The summed E-state index contributed by atoms with van der Waals surface area (Å²) in [6.07, 6.45) is 2.53. The molecule has 3 rings (SSSR count). The lowest BCUT2D eigenvalue weighted by Gasteiger charge is -2.05. The van der Waals surface area contributed by atoms with Gasteiger partial charge in [-0.15, -0.1) is 0 Å². The van der Waals surface area contributed by atoms with Crippen molar-refractivity contribution in [2.75, 3.05) is 0 Å². The summed E-state index contributed by atoms with van der Waals surface area (Å²) in [6, 6.07) is 10.6. The summed E-state index contributed by atoms with van der Waals surface area (Å²) in [5.41, 5.74) is 0.579. The fraction of sp³-hybridized carbons (Fsp3) is 0.214. The van der Waals surface area contributed by atoms with Gasteiger partial charge in [0, 0.05) is 5.56 Å². The molecule has 92 valence electrons. The van der Waals surface area contributed by atoms with E-state index in [1.807, 2.05) is 12.1 Å². The van der Waals surface area contributed by atoms with Crippen LogP contribution in [0.25, 0.3) is 0 Å². The first kappa shape index (κ1) is 11.5. The molecule has 0 saturated heterocycles. The molecule has 1 aromatic heterocycles. The molecule has 0 spiro atoms. The molecule has 0 unspecified atom stereocenters. The maximum Gasteiger partial charge on any atom is 0.228 e. The Labute approximate surface area is 113 Å². The first-order valence-electron chi connectivity index (χ1n) is 5.79. The van der Waals surface area contributed by atoms with Gasteiger partial charge in [-0.2, -0.15) is 0 Å². The van der Waals surface area contributed by atoms with Crippen molar-refractivity contribution >= 4 is 21.7 Å². The number of furan rings is 1. The van der Waals surface area contributed by atoms with Crippen LogP contribution in [0.3, 0.4) is 0 Å². The van der Waals surface area contributed by atoms with Gasteiger partial charge in [-0.25, -0.2) is 0 Å². The molecule has 0 atom stereocenters. The number of hydrogen-bond donors (Lipinski definition) is 0. The van der Waals surface area contributed by atoms with Crippen molar-refractivity contribution in [1.29, 1.82) is 0 Å². The second kappa shape index (κ2) is 4.61. The van der Waals surface area contributed by atoms with E-state index in [-0.39, 0.29) is 5.78 Å². The lowest BCUT2D eigenvalue weighted by molar-refractivity contribution is 0.101. The zero-order chi connectivity index (χ0) is 12.5. The van der Waals surface area contributed by atoms with Crippen LogP contribution in [0.2, 0.25) is 0 Å². The monoisotopic (exact) mass is 306 g/mol. The molecule has 18 heavy (non-hydrogen) atoms. The van der Waals surface area contributed by atoms with E-state index in [4.69, 9.17) is 9.15 Å². The highest BCUT2D eigenvalue weighted by Gasteiger charge is 2.24. The van der Waals surface area contributed by atoms with E-state index in [0.29, 0.717) is 22.1 Å². The second-order valence-electron chi connectivity index (χ2n) is 4.28. The van der Waals surface area contributed by atoms with Gasteiger partial charge in [0.2, 0.25) is 5.78 Å². The minimum absolute atomic E-state index is 0.137. The van der Waals surface area contributed by atoms with Crippen LogP contribution in [0.4, 0.5) is 0 Å². The van der Waals surface area contributed by atoms with E-state index in [2.05, 4.69) is 15.9 Å². The third-order valence-electron chi connectivity index (χ3n) is 2.72. The number of carbonyl (C=O) groups excluding carboxylic acids is 1. The molecule has 0 radical (unpaired) electrons. The van der Waals surface area contributed by atoms with Gasteiger partial charge < -0.3 is 9.15 Å². The number of ether oxygens (including phenoxy) is 1. The van der Waals surface area contributed by atoms with Crippen molar-refractivity contribution in [3.05, 3.63) is 52.4 Å². The summed E-state index contributed by atoms with van der Waals surface area (Å²) in [7, 11) is 0. The summed E-state index contributed by atoms with van der Waals surface area (Å²) in [5.74, 6) is 0.932. The average Bonchev–Trinajstić information content (AvgIpc) is 3.08. The summed E-state index contributed by atoms with van der Waals surface area (Å²) in [4.78, 5) is 12.1. The van der Waals surface area contributed by atoms with Crippen molar-refractivity contribution in [1.82, 2.24) is 0 Å². The standard InChI is InChI=1S/C14H11BrO3/c15-13-7-6-12(18-13)14(16)9-2-1-3-11(8-9)17-10-4-5-10/h1-3,6-8,10H,4-5H2. The van der Waals surface area contributed by atoms with Crippen LogP contribution in [0.15, 0.2) is 45.5 Å². The van der Waals surface area contributed by atoms with Gasteiger partial charge in [0.05, 0.1) is 6.10 Å². The second-order valence-corrected chi connectivity index (χ2v) is 5.06. The SMILES string of the molecule is O=C(c1cccc(OC2CC2)c1)c1ccc(Br)o1. The van der Waals surface area contributed by atoms with Crippen LogP contribution in [0, 0.1) is 0 Å². The molecule has 1 heterocycles. The highest BCUT2D eigenvalue weighted by atomic mass is 79.9. The molecule has 4 heteroatoms. The quantitative estimate of drug-likeness (QED) is 0.806. The molecular formula is C14H11BrO3. The number of ketones is 1. The largest absolute Gasteiger partial charge is 0.490 e. The lowest BCUT2D eigenvalue weighted by Crippen LogP contribution is -2.01. The van der Waals surface area contributed by atoms with Crippen LogP contribution in [-0.2, 0) is 0 Å². The van der Waals surface area contributed by atoms with Crippen molar-refractivity contribution in [2.24, 2.45) is 0 Å². The molecule has 1 aliphatic carbocycles. The number of carbonyl (C=O) groups is 1. The molecule has 1 aromatic carbocycles. The Bertz CT molecular complexity index is 584.